The number of amides is 1. The average molecular weight is 370 g/mol. The van der Waals surface area contributed by atoms with Crippen molar-refractivity contribution in [2.45, 2.75) is 19.9 Å². The lowest BCUT2D eigenvalue weighted by Gasteiger charge is -2.14. The van der Waals surface area contributed by atoms with E-state index in [2.05, 4.69) is 15.5 Å². The summed E-state index contributed by atoms with van der Waals surface area (Å²) in [7, 11) is 0. The molecule has 0 fully saturated rings. The number of nitrogens with one attached hydrogen (secondary N) is 2. The maximum Gasteiger partial charge on any atom is 0.255 e. The van der Waals surface area contributed by atoms with Gasteiger partial charge in [0.15, 0.2) is 0 Å². The first-order valence-corrected chi connectivity index (χ1v) is 8.79. The summed E-state index contributed by atoms with van der Waals surface area (Å²) in [5, 5.41) is 10.4. The van der Waals surface area contributed by atoms with Gasteiger partial charge in [-0.2, -0.15) is 5.10 Å². The number of hydrogen-bond donors (Lipinski definition) is 2. The molecule has 5 nitrogen and oxygen atoms in total. The number of aromatic amines is 1. The van der Waals surface area contributed by atoms with Gasteiger partial charge in [0.1, 0.15) is 5.75 Å². The minimum Gasteiger partial charge on any atom is -0.492 e. The Morgan fingerprint density at radius 2 is 2.04 bits per heavy atom. The number of carbonyl (C=O) groups is 1. The lowest BCUT2D eigenvalue weighted by Crippen LogP contribution is -2.26. The number of rotatable bonds is 6. The highest BCUT2D eigenvalue weighted by molar-refractivity contribution is 6.32. The molecule has 26 heavy (non-hydrogen) atoms. The number of nitrogens with zero attached hydrogens (tertiary/aromatic N) is 1. The molecule has 0 radical (unpaired) electrons. The van der Waals surface area contributed by atoms with E-state index in [0.717, 1.165) is 11.1 Å². The quantitative estimate of drug-likeness (QED) is 0.666. The number of halogens is 1. The van der Waals surface area contributed by atoms with Crippen LogP contribution >= 0.6 is 11.6 Å². The highest BCUT2D eigenvalue weighted by atomic mass is 35.5. The zero-order valence-electron chi connectivity index (χ0n) is 14.6. The molecule has 2 N–H and O–H groups in total. The SMILES string of the molecule is CCOc1ccc(-c2[nH]ncc2C(=O)N[C@@H](C)c2ccccc2)cc1Cl. The van der Waals surface area contributed by atoms with Crippen LogP contribution in [0.3, 0.4) is 0 Å². The Labute approximate surface area is 157 Å². The van der Waals surface area contributed by atoms with Gasteiger partial charge in [-0.1, -0.05) is 41.9 Å². The van der Waals surface area contributed by atoms with E-state index in [0.29, 0.717) is 28.6 Å². The smallest absolute Gasteiger partial charge is 0.255 e. The summed E-state index contributed by atoms with van der Waals surface area (Å²) in [4.78, 5) is 12.7. The molecule has 0 aliphatic carbocycles. The zero-order valence-corrected chi connectivity index (χ0v) is 15.4. The van der Waals surface area contributed by atoms with Gasteiger partial charge in [-0.15, -0.1) is 0 Å². The maximum atomic E-state index is 12.7. The van der Waals surface area contributed by atoms with Crippen molar-refractivity contribution in [3.63, 3.8) is 0 Å². The topological polar surface area (TPSA) is 67.0 Å². The van der Waals surface area contributed by atoms with Crippen LogP contribution in [0.4, 0.5) is 0 Å². The Balaban J connectivity index is 1.82. The molecule has 1 heterocycles. The summed E-state index contributed by atoms with van der Waals surface area (Å²) in [6.45, 7) is 4.38. The average Bonchev–Trinajstić information content (AvgIpc) is 3.14. The number of carbonyl (C=O) groups excluding carboxylic acids is 1. The van der Waals surface area contributed by atoms with Crippen LogP contribution < -0.4 is 10.1 Å². The van der Waals surface area contributed by atoms with Crippen molar-refractivity contribution in [1.82, 2.24) is 15.5 Å². The van der Waals surface area contributed by atoms with Crippen molar-refractivity contribution < 1.29 is 9.53 Å². The standard InChI is InChI=1S/C20H20ClN3O2/c1-3-26-18-10-9-15(11-17(18)21)19-16(12-22-24-19)20(25)23-13(2)14-7-5-4-6-8-14/h4-13H,3H2,1-2H3,(H,22,24)(H,23,25)/t13-/m0/s1. The van der Waals surface area contributed by atoms with Crippen LogP contribution in [0.1, 0.15) is 35.8 Å². The van der Waals surface area contributed by atoms with E-state index in [1.165, 1.54) is 6.20 Å². The molecule has 0 bridgehead atoms. The van der Waals surface area contributed by atoms with E-state index < -0.39 is 0 Å². The van der Waals surface area contributed by atoms with Crippen molar-refractivity contribution >= 4 is 17.5 Å². The van der Waals surface area contributed by atoms with Crippen LogP contribution in [-0.2, 0) is 0 Å². The van der Waals surface area contributed by atoms with Crippen LogP contribution in [0.2, 0.25) is 5.02 Å². The monoisotopic (exact) mass is 369 g/mol. The van der Waals surface area contributed by atoms with Crippen LogP contribution in [0, 0.1) is 0 Å². The molecular weight excluding hydrogens is 350 g/mol. The third-order valence-electron chi connectivity index (χ3n) is 4.05. The Kier molecular flexibility index (Phi) is 5.58. The number of aromatic nitrogens is 2. The molecule has 1 atom stereocenters. The number of ether oxygens (including phenoxy) is 1. The van der Waals surface area contributed by atoms with Gasteiger partial charge in [-0.05, 0) is 37.6 Å². The van der Waals surface area contributed by atoms with Gasteiger partial charge < -0.3 is 10.1 Å². The van der Waals surface area contributed by atoms with E-state index in [9.17, 15) is 4.79 Å². The number of H-pyrrole nitrogens is 1. The predicted octanol–water partition coefficient (Wildman–Crippen LogP) is 4.62. The molecule has 6 heteroatoms. The van der Waals surface area contributed by atoms with Gasteiger partial charge in [0.2, 0.25) is 0 Å². The molecule has 0 aliphatic heterocycles. The largest absolute Gasteiger partial charge is 0.492 e. The third-order valence-corrected chi connectivity index (χ3v) is 4.35. The van der Waals surface area contributed by atoms with Gasteiger partial charge >= 0.3 is 0 Å². The molecular formula is C20H20ClN3O2. The third kappa shape index (κ3) is 3.89. The summed E-state index contributed by atoms with van der Waals surface area (Å²) < 4.78 is 5.45. The fourth-order valence-corrected chi connectivity index (χ4v) is 2.94. The van der Waals surface area contributed by atoms with Gasteiger partial charge in [0.25, 0.3) is 5.91 Å². The first-order valence-electron chi connectivity index (χ1n) is 8.42. The van der Waals surface area contributed by atoms with Crippen LogP contribution in [0.5, 0.6) is 5.75 Å². The van der Waals surface area contributed by atoms with Gasteiger partial charge in [0, 0.05) is 5.56 Å². The molecule has 0 spiro atoms. The summed E-state index contributed by atoms with van der Waals surface area (Å²) in [5.41, 5.74) is 2.89. The fraction of sp³-hybridized carbons (Fsp3) is 0.200. The lowest BCUT2D eigenvalue weighted by molar-refractivity contribution is 0.0940. The van der Waals surface area contributed by atoms with Crippen molar-refractivity contribution in [1.29, 1.82) is 0 Å². The minimum absolute atomic E-state index is 0.115. The molecule has 0 saturated carbocycles. The van der Waals surface area contributed by atoms with E-state index in [-0.39, 0.29) is 11.9 Å². The Hall–Kier alpha value is -2.79. The second-order valence-electron chi connectivity index (χ2n) is 5.84. The summed E-state index contributed by atoms with van der Waals surface area (Å²) in [6, 6.07) is 15.1. The summed E-state index contributed by atoms with van der Waals surface area (Å²) in [6.07, 6.45) is 1.52. The maximum absolute atomic E-state index is 12.7. The molecule has 2 aromatic carbocycles. The van der Waals surface area contributed by atoms with E-state index in [1.807, 2.05) is 50.2 Å². The van der Waals surface area contributed by atoms with E-state index in [4.69, 9.17) is 16.3 Å². The van der Waals surface area contributed by atoms with Gasteiger partial charge in [0.05, 0.1) is 35.1 Å². The number of benzene rings is 2. The van der Waals surface area contributed by atoms with Gasteiger partial charge in [-0.25, -0.2) is 0 Å². The van der Waals surface area contributed by atoms with Crippen molar-refractivity contribution in [2.75, 3.05) is 6.61 Å². The predicted molar refractivity (Wildman–Crippen MR) is 103 cm³/mol. The molecule has 0 saturated heterocycles. The van der Waals surface area contributed by atoms with Gasteiger partial charge in [-0.3, -0.25) is 9.89 Å². The molecule has 3 rings (SSSR count). The first-order chi connectivity index (χ1) is 12.6. The molecule has 0 unspecified atom stereocenters. The molecule has 3 aromatic rings. The highest BCUT2D eigenvalue weighted by Gasteiger charge is 2.18. The normalized spacial score (nSPS) is 11.8. The first kappa shape index (κ1) is 18.0. The van der Waals surface area contributed by atoms with Crippen molar-refractivity contribution in [3.05, 3.63) is 70.9 Å². The lowest BCUT2D eigenvalue weighted by atomic mass is 10.1. The Morgan fingerprint density at radius 1 is 1.27 bits per heavy atom. The second kappa shape index (κ2) is 8.06. The van der Waals surface area contributed by atoms with Crippen LogP contribution in [-0.4, -0.2) is 22.7 Å². The number of hydrogen-bond acceptors (Lipinski definition) is 3. The van der Waals surface area contributed by atoms with Crippen molar-refractivity contribution in [3.8, 4) is 17.0 Å². The fourth-order valence-electron chi connectivity index (χ4n) is 2.71. The molecule has 0 aliphatic rings. The van der Waals surface area contributed by atoms with Crippen LogP contribution in [0.15, 0.2) is 54.7 Å². The van der Waals surface area contributed by atoms with Crippen molar-refractivity contribution in [2.24, 2.45) is 0 Å². The summed E-state index contributed by atoms with van der Waals surface area (Å²) >= 11 is 6.26. The Bertz CT molecular complexity index is 893. The minimum atomic E-state index is -0.199. The molecule has 134 valence electrons. The van der Waals surface area contributed by atoms with E-state index in [1.54, 1.807) is 12.1 Å². The van der Waals surface area contributed by atoms with Crippen LogP contribution in [0.25, 0.3) is 11.3 Å². The highest BCUT2D eigenvalue weighted by Crippen LogP contribution is 2.31. The zero-order chi connectivity index (χ0) is 18.5. The Morgan fingerprint density at radius 3 is 2.73 bits per heavy atom. The molecule has 1 amide bonds. The molecule has 1 aromatic heterocycles. The summed E-state index contributed by atoms with van der Waals surface area (Å²) in [5.74, 6) is 0.413. The second-order valence-corrected chi connectivity index (χ2v) is 6.25. The van der Waals surface area contributed by atoms with E-state index >= 15 is 0 Å².